The summed E-state index contributed by atoms with van der Waals surface area (Å²) in [5, 5.41) is 8.90. The number of ether oxygens (including phenoxy) is 1. The Kier molecular flexibility index (Phi) is 5.74. The average molecular weight is 497 g/mol. The zero-order valence-electron chi connectivity index (χ0n) is 19.3. The maximum absolute atomic E-state index is 12.6. The van der Waals surface area contributed by atoms with Crippen molar-refractivity contribution in [1.82, 2.24) is 14.4 Å². The average Bonchev–Trinajstić information content (AvgIpc) is 3.50. The van der Waals surface area contributed by atoms with Gasteiger partial charge in [0.25, 0.3) is 5.91 Å². The van der Waals surface area contributed by atoms with Gasteiger partial charge in [0, 0.05) is 22.8 Å². The van der Waals surface area contributed by atoms with Crippen LogP contribution in [-0.2, 0) is 0 Å². The number of hydrogen-bond donors (Lipinski definition) is 3. The quantitative estimate of drug-likeness (QED) is 0.240. The van der Waals surface area contributed by atoms with Crippen LogP contribution < -0.4 is 21.1 Å². The van der Waals surface area contributed by atoms with Crippen molar-refractivity contribution in [3.8, 4) is 17.1 Å². The molecule has 8 nitrogen and oxygen atoms in total. The minimum atomic E-state index is -0.218. The molecule has 3 heterocycles. The van der Waals surface area contributed by atoms with Crippen LogP contribution in [0.25, 0.3) is 17.0 Å². The van der Waals surface area contributed by atoms with Gasteiger partial charge in [-0.05, 0) is 67.8 Å². The first-order chi connectivity index (χ1) is 17.6. The second-order valence-electron chi connectivity index (χ2n) is 8.66. The molecule has 0 aliphatic heterocycles. The van der Waals surface area contributed by atoms with Crippen LogP contribution in [0.3, 0.4) is 0 Å². The first-order valence-electron chi connectivity index (χ1n) is 11.8. The first kappa shape index (κ1) is 22.1. The van der Waals surface area contributed by atoms with Crippen molar-refractivity contribution in [2.45, 2.75) is 25.4 Å². The van der Waals surface area contributed by atoms with Crippen LogP contribution in [0.1, 0.15) is 29.6 Å². The number of aromatic nitrogens is 3. The van der Waals surface area contributed by atoms with Gasteiger partial charge < -0.3 is 21.1 Å². The molecule has 0 saturated heterocycles. The van der Waals surface area contributed by atoms with E-state index in [1.165, 1.54) is 17.8 Å². The Labute approximate surface area is 211 Å². The fourth-order valence-electron chi connectivity index (χ4n) is 4.02. The highest BCUT2D eigenvalue weighted by atomic mass is 32.1. The molecule has 1 amide bonds. The third-order valence-corrected chi connectivity index (χ3v) is 6.98. The predicted octanol–water partition coefficient (Wildman–Crippen LogP) is 5.97. The van der Waals surface area contributed by atoms with Crippen molar-refractivity contribution in [2.24, 2.45) is 0 Å². The van der Waals surface area contributed by atoms with E-state index in [-0.39, 0.29) is 5.91 Å². The maximum Gasteiger partial charge on any atom is 0.255 e. The molecule has 5 aromatic rings. The molecule has 0 spiro atoms. The number of benzene rings is 2. The van der Waals surface area contributed by atoms with Crippen molar-refractivity contribution in [3.05, 3.63) is 84.0 Å². The molecular formula is C27H24N6O2S. The Bertz CT molecular complexity index is 1540. The lowest BCUT2D eigenvalue weighted by atomic mass is 9.96. The summed E-state index contributed by atoms with van der Waals surface area (Å²) in [6.07, 6.45) is 7.52. The third kappa shape index (κ3) is 4.36. The highest BCUT2D eigenvalue weighted by Crippen LogP contribution is 2.32. The van der Waals surface area contributed by atoms with Gasteiger partial charge in [-0.3, -0.25) is 9.20 Å². The van der Waals surface area contributed by atoms with E-state index < -0.39 is 0 Å². The summed E-state index contributed by atoms with van der Waals surface area (Å²) in [5.41, 5.74) is 10.9. The van der Waals surface area contributed by atoms with E-state index in [4.69, 9.17) is 15.5 Å². The lowest BCUT2D eigenvalue weighted by Gasteiger charge is -2.26. The van der Waals surface area contributed by atoms with Gasteiger partial charge in [-0.25, -0.2) is 9.97 Å². The molecule has 6 rings (SSSR count). The van der Waals surface area contributed by atoms with Crippen LogP contribution in [0.4, 0.5) is 22.2 Å². The number of nitrogens with one attached hydrogen (secondary N) is 2. The Morgan fingerprint density at radius 2 is 1.92 bits per heavy atom. The molecule has 180 valence electrons. The Balaban J connectivity index is 1.15. The third-order valence-electron chi connectivity index (χ3n) is 6.22. The summed E-state index contributed by atoms with van der Waals surface area (Å²) >= 11 is 1.50. The zero-order valence-corrected chi connectivity index (χ0v) is 20.2. The molecule has 3 aromatic heterocycles. The Morgan fingerprint density at radius 1 is 1.08 bits per heavy atom. The number of imidazole rings is 1. The van der Waals surface area contributed by atoms with Crippen molar-refractivity contribution in [2.75, 3.05) is 16.4 Å². The SMILES string of the molecule is Nc1ccccc1NC(=O)c1ccc(Nc2nc(-c3cnc4c(OC5CCC5)cccn34)cs2)cc1. The van der Waals surface area contributed by atoms with Gasteiger partial charge in [-0.1, -0.05) is 12.1 Å². The molecule has 1 fully saturated rings. The van der Waals surface area contributed by atoms with Crippen molar-refractivity contribution < 1.29 is 9.53 Å². The van der Waals surface area contributed by atoms with Crippen molar-refractivity contribution in [3.63, 3.8) is 0 Å². The molecule has 1 aliphatic rings. The van der Waals surface area contributed by atoms with E-state index in [9.17, 15) is 4.79 Å². The summed E-state index contributed by atoms with van der Waals surface area (Å²) in [7, 11) is 0. The lowest BCUT2D eigenvalue weighted by Crippen LogP contribution is -2.24. The van der Waals surface area contributed by atoms with Crippen LogP contribution in [0.5, 0.6) is 5.75 Å². The number of nitrogens with zero attached hydrogens (tertiary/aromatic N) is 3. The molecule has 1 saturated carbocycles. The van der Waals surface area contributed by atoms with Gasteiger partial charge in [-0.15, -0.1) is 11.3 Å². The summed E-state index contributed by atoms with van der Waals surface area (Å²) < 4.78 is 8.13. The minimum Gasteiger partial charge on any atom is -0.487 e. The van der Waals surface area contributed by atoms with Crippen molar-refractivity contribution in [1.29, 1.82) is 0 Å². The molecule has 0 bridgehead atoms. The minimum absolute atomic E-state index is 0.218. The number of pyridine rings is 1. The van der Waals surface area contributed by atoms with E-state index in [2.05, 4.69) is 15.6 Å². The number of carbonyl (C=O) groups excluding carboxylic acids is 1. The summed E-state index contributed by atoms with van der Waals surface area (Å²) in [4.78, 5) is 21.9. The van der Waals surface area contributed by atoms with Gasteiger partial charge in [0.05, 0.1) is 29.4 Å². The van der Waals surface area contributed by atoms with Crippen LogP contribution >= 0.6 is 11.3 Å². The van der Waals surface area contributed by atoms with Gasteiger partial charge in [-0.2, -0.15) is 0 Å². The van der Waals surface area contributed by atoms with E-state index in [1.807, 2.05) is 58.6 Å². The van der Waals surface area contributed by atoms with Crippen LogP contribution in [-0.4, -0.2) is 26.4 Å². The number of hydrogen-bond acceptors (Lipinski definition) is 7. The number of amides is 1. The van der Waals surface area contributed by atoms with E-state index in [0.717, 1.165) is 46.4 Å². The monoisotopic (exact) mass is 496 g/mol. The molecule has 36 heavy (non-hydrogen) atoms. The van der Waals surface area contributed by atoms with Crippen LogP contribution in [0.2, 0.25) is 0 Å². The number of anilines is 4. The number of carbonyl (C=O) groups is 1. The molecule has 2 aromatic carbocycles. The fraction of sp³-hybridized carbons (Fsp3) is 0.148. The lowest BCUT2D eigenvalue weighted by molar-refractivity contribution is 0.102. The van der Waals surface area contributed by atoms with Crippen LogP contribution in [0, 0.1) is 0 Å². The molecule has 1 aliphatic carbocycles. The van der Waals surface area contributed by atoms with E-state index >= 15 is 0 Å². The number of fused-ring (bicyclic) bond motifs is 1. The molecule has 4 N–H and O–H groups in total. The summed E-state index contributed by atoms with van der Waals surface area (Å²) in [6.45, 7) is 0. The largest absolute Gasteiger partial charge is 0.487 e. The van der Waals surface area contributed by atoms with Gasteiger partial charge in [0.15, 0.2) is 16.5 Å². The summed E-state index contributed by atoms with van der Waals surface area (Å²) in [6, 6.07) is 18.3. The number of nitrogen functional groups attached to an aromatic ring is 1. The number of nitrogens with two attached hydrogens (primary N) is 1. The molecule has 9 heteroatoms. The van der Waals surface area contributed by atoms with E-state index in [0.29, 0.717) is 23.0 Å². The van der Waals surface area contributed by atoms with Gasteiger partial charge >= 0.3 is 0 Å². The summed E-state index contributed by atoms with van der Waals surface area (Å²) in [5.74, 6) is 0.588. The smallest absolute Gasteiger partial charge is 0.255 e. The molecule has 0 radical (unpaired) electrons. The highest BCUT2D eigenvalue weighted by Gasteiger charge is 2.21. The predicted molar refractivity (Wildman–Crippen MR) is 143 cm³/mol. The molecule has 0 unspecified atom stereocenters. The van der Waals surface area contributed by atoms with Gasteiger partial charge in [0.1, 0.15) is 5.69 Å². The number of para-hydroxylation sites is 2. The van der Waals surface area contributed by atoms with Crippen LogP contribution in [0.15, 0.2) is 78.4 Å². The molecular weight excluding hydrogens is 472 g/mol. The fourth-order valence-corrected chi connectivity index (χ4v) is 4.74. The Morgan fingerprint density at radius 3 is 2.69 bits per heavy atom. The number of rotatable bonds is 7. The maximum atomic E-state index is 12.6. The first-order valence-corrected chi connectivity index (χ1v) is 12.6. The standard InChI is InChI=1S/C27H24N6O2S/c28-20-7-1-2-8-21(20)31-26(34)17-10-12-18(13-11-17)30-27-32-22(16-36-27)23-15-29-25-24(9-4-14-33(23)25)35-19-5-3-6-19/h1-2,4,7-16,19H,3,5-6,28H2,(H,30,32)(H,31,34). The highest BCUT2D eigenvalue weighted by molar-refractivity contribution is 7.14. The normalized spacial score (nSPS) is 13.3. The number of thiazole rings is 1. The van der Waals surface area contributed by atoms with E-state index in [1.54, 1.807) is 24.3 Å². The second kappa shape index (κ2) is 9.35. The second-order valence-corrected chi connectivity index (χ2v) is 9.52. The molecule has 0 atom stereocenters. The van der Waals surface area contributed by atoms with Gasteiger partial charge in [0.2, 0.25) is 0 Å². The van der Waals surface area contributed by atoms with Crippen molar-refractivity contribution >= 4 is 45.1 Å². The zero-order chi connectivity index (χ0) is 24.5. The topological polar surface area (TPSA) is 107 Å². The Hall–Kier alpha value is -4.37.